The molecule has 0 spiro atoms. The van der Waals surface area contributed by atoms with Gasteiger partial charge in [0.2, 0.25) is 0 Å². The SMILES string of the molecule is O=Cc1c(Cl)ncnc1-c1ccc(Br)cc1. The number of carbonyl (C=O) groups excluding carboxylic acids is 1. The second-order valence-electron chi connectivity index (χ2n) is 3.05. The summed E-state index contributed by atoms with van der Waals surface area (Å²) in [7, 11) is 0. The van der Waals surface area contributed by atoms with Crippen molar-refractivity contribution in [1.82, 2.24) is 9.97 Å². The number of halogens is 2. The van der Waals surface area contributed by atoms with E-state index in [0.717, 1.165) is 10.0 Å². The normalized spacial score (nSPS) is 10.1. The topological polar surface area (TPSA) is 42.9 Å². The molecule has 0 atom stereocenters. The fraction of sp³-hybridized carbons (Fsp3) is 0. The third kappa shape index (κ3) is 2.13. The van der Waals surface area contributed by atoms with Crippen LogP contribution in [0.4, 0.5) is 0 Å². The monoisotopic (exact) mass is 296 g/mol. The zero-order valence-electron chi connectivity index (χ0n) is 8.02. The Hall–Kier alpha value is -1.26. The van der Waals surface area contributed by atoms with Crippen LogP contribution in [0.15, 0.2) is 35.1 Å². The van der Waals surface area contributed by atoms with E-state index in [9.17, 15) is 4.79 Å². The Morgan fingerprint density at radius 3 is 2.50 bits per heavy atom. The Bertz CT molecular complexity index is 528. The van der Waals surface area contributed by atoms with Crippen molar-refractivity contribution in [2.45, 2.75) is 0 Å². The molecule has 1 heterocycles. The number of benzene rings is 1. The van der Waals surface area contributed by atoms with Crippen molar-refractivity contribution in [3.8, 4) is 11.3 Å². The van der Waals surface area contributed by atoms with E-state index in [1.54, 1.807) is 0 Å². The first-order valence-corrected chi connectivity index (χ1v) is 5.61. The number of hydrogen-bond acceptors (Lipinski definition) is 3. The predicted molar refractivity (Wildman–Crippen MR) is 65.6 cm³/mol. The smallest absolute Gasteiger partial charge is 0.155 e. The molecular formula is C11H6BrClN2O. The first-order valence-electron chi connectivity index (χ1n) is 4.44. The minimum absolute atomic E-state index is 0.169. The van der Waals surface area contributed by atoms with Gasteiger partial charge in [0.05, 0.1) is 11.3 Å². The average Bonchev–Trinajstić information content (AvgIpc) is 2.30. The summed E-state index contributed by atoms with van der Waals surface area (Å²) in [5.41, 5.74) is 1.68. The molecule has 0 saturated heterocycles. The quantitative estimate of drug-likeness (QED) is 0.630. The van der Waals surface area contributed by atoms with E-state index in [4.69, 9.17) is 11.6 Å². The first kappa shape index (κ1) is 11.2. The molecule has 0 aliphatic heterocycles. The van der Waals surface area contributed by atoms with E-state index in [-0.39, 0.29) is 5.15 Å². The summed E-state index contributed by atoms with van der Waals surface area (Å²) < 4.78 is 0.962. The van der Waals surface area contributed by atoms with E-state index in [1.807, 2.05) is 24.3 Å². The Morgan fingerprint density at radius 2 is 1.88 bits per heavy atom. The van der Waals surface area contributed by atoms with E-state index >= 15 is 0 Å². The lowest BCUT2D eigenvalue weighted by Gasteiger charge is -2.04. The molecule has 16 heavy (non-hydrogen) atoms. The predicted octanol–water partition coefficient (Wildman–Crippen LogP) is 3.37. The third-order valence-corrected chi connectivity index (χ3v) is 2.90. The highest BCUT2D eigenvalue weighted by molar-refractivity contribution is 9.10. The number of aromatic nitrogens is 2. The summed E-state index contributed by atoms with van der Waals surface area (Å²) in [6, 6.07) is 7.46. The summed E-state index contributed by atoms with van der Waals surface area (Å²) in [6.45, 7) is 0. The molecule has 3 nitrogen and oxygen atoms in total. The van der Waals surface area contributed by atoms with Crippen molar-refractivity contribution >= 4 is 33.8 Å². The molecule has 0 unspecified atom stereocenters. The Kier molecular flexibility index (Phi) is 3.31. The molecule has 0 bridgehead atoms. The van der Waals surface area contributed by atoms with Crippen molar-refractivity contribution in [3.05, 3.63) is 45.8 Å². The Labute approximate surface area is 106 Å². The van der Waals surface area contributed by atoms with Crippen LogP contribution in [0.2, 0.25) is 5.15 Å². The van der Waals surface area contributed by atoms with Gasteiger partial charge in [0.15, 0.2) is 6.29 Å². The van der Waals surface area contributed by atoms with Crippen molar-refractivity contribution in [1.29, 1.82) is 0 Å². The summed E-state index contributed by atoms with van der Waals surface area (Å²) in [5, 5.41) is 0.169. The second kappa shape index (κ2) is 4.72. The van der Waals surface area contributed by atoms with Crippen LogP contribution in [0.5, 0.6) is 0 Å². The molecule has 1 aromatic carbocycles. The van der Waals surface area contributed by atoms with Gasteiger partial charge in [-0.25, -0.2) is 9.97 Å². The molecule has 0 fully saturated rings. The van der Waals surface area contributed by atoms with Crippen LogP contribution >= 0.6 is 27.5 Å². The van der Waals surface area contributed by atoms with E-state index in [1.165, 1.54) is 6.33 Å². The van der Waals surface area contributed by atoms with E-state index in [2.05, 4.69) is 25.9 Å². The Balaban J connectivity index is 2.59. The number of rotatable bonds is 2. The van der Waals surface area contributed by atoms with Gasteiger partial charge in [-0.3, -0.25) is 4.79 Å². The molecule has 0 N–H and O–H groups in total. The highest BCUT2D eigenvalue weighted by Gasteiger charge is 2.10. The summed E-state index contributed by atoms with van der Waals surface area (Å²) >= 11 is 9.16. The van der Waals surface area contributed by atoms with Crippen LogP contribution in [-0.2, 0) is 0 Å². The maximum absolute atomic E-state index is 10.9. The zero-order chi connectivity index (χ0) is 11.5. The van der Waals surface area contributed by atoms with Gasteiger partial charge < -0.3 is 0 Å². The third-order valence-electron chi connectivity index (χ3n) is 2.07. The molecule has 80 valence electrons. The van der Waals surface area contributed by atoms with Gasteiger partial charge in [-0.15, -0.1) is 0 Å². The van der Waals surface area contributed by atoms with Gasteiger partial charge >= 0.3 is 0 Å². The van der Waals surface area contributed by atoms with Crippen molar-refractivity contribution in [2.24, 2.45) is 0 Å². The molecule has 0 amide bonds. The van der Waals surface area contributed by atoms with Gasteiger partial charge in [-0.2, -0.15) is 0 Å². The van der Waals surface area contributed by atoms with Crippen molar-refractivity contribution in [3.63, 3.8) is 0 Å². The van der Waals surface area contributed by atoms with Crippen LogP contribution in [0, 0.1) is 0 Å². The summed E-state index contributed by atoms with van der Waals surface area (Å²) in [5.74, 6) is 0. The van der Waals surface area contributed by atoms with Gasteiger partial charge in [0, 0.05) is 10.0 Å². The minimum Gasteiger partial charge on any atom is -0.298 e. The molecule has 0 saturated carbocycles. The standard InChI is InChI=1S/C11H6BrClN2O/c12-8-3-1-7(2-4-8)10-9(5-16)11(13)15-6-14-10/h1-6H. The summed E-state index contributed by atoms with van der Waals surface area (Å²) in [4.78, 5) is 18.8. The van der Waals surface area contributed by atoms with Gasteiger partial charge in [0.1, 0.15) is 11.5 Å². The fourth-order valence-electron chi connectivity index (χ4n) is 1.32. The molecule has 1 aromatic heterocycles. The lowest BCUT2D eigenvalue weighted by molar-refractivity contribution is 0.112. The molecule has 2 aromatic rings. The lowest BCUT2D eigenvalue weighted by atomic mass is 10.1. The van der Waals surface area contributed by atoms with Crippen molar-refractivity contribution < 1.29 is 4.79 Å². The molecule has 2 rings (SSSR count). The number of carbonyl (C=O) groups is 1. The van der Waals surface area contributed by atoms with E-state index in [0.29, 0.717) is 17.5 Å². The Morgan fingerprint density at radius 1 is 1.19 bits per heavy atom. The van der Waals surface area contributed by atoms with Crippen molar-refractivity contribution in [2.75, 3.05) is 0 Å². The molecule has 5 heteroatoms. The summed E-state index contributed by atoms with van der Waals surface area (Å²) in [6.07, 6.45) is 2.01. The number of aldehydes is 1. The highest BCUT2D eigenvalue weighted by atomic mass is 79.9. The van der Waals surface area contributed by atoms with Gasteiger partial charge in [-0.05, 0) is 12.1 Å². The largest absolute Gasteiger partial charge is 0.298 e. The van der Waals surface area contributed by atoms with Gasteiger partial charge in [-0.1, -0.05) is 39.7 Å². The van der Waals surface area contributed by atoms with Gasteiger partial charge in [0.25, 0.3) is 0 Å². The zero-order valence-corrected chi connectivity index (χ0v) is 10.4. The number of nitrogens with zero attached hydrogens (tertiary/aromatic N) is 2. The molecule has 0 aliphatic rings. The van der Waals surface area contributed by atoms with Crippen LogP contribution < -0.4 is 0 Å². The number of hydrogen-bond donors (Lipinski definition) is 0. The lowest BCUT2D eigenvalue weighted by Crippen LogP contribution is -1.95. The molecule has 0 aliphatic carbocycles. The van der Waals surface area contributed by atoms with Crippen LogP contribution in [0.1, 0.15) is 10.4 Å². The average molecular weight is 298 g/mol. The second-order valence-corrected chi connectivity index (χ2v) is 4.33. The van der Waals surface area contributed by atoms with Crippen LogP contribution in [0.3, 0.4) is 0 Å². The van der Waals surface area contributed by atoms with E-state index < -0.39 is 0 Å². The molecular weight excluding hydrogens is 291 g/mol. The maximum atomic E-state index is 10.9. The fourth-order valence-corrected chi connectivity index (χ4v) is 1.76. The van der Waals surface area contributed by atoms with Crippen LogP contribution in [-0.4, -0.2) is 16.3 Å². The maximum Gasteiger partial charge on any atom is 0.155 e. The molecule has 0 radical (unpaired) electrons. The minimum atomic E-state index is 0.169. The highest BCUT2D eigenvalue weighted by Crippen LogP contribution is 2.25. The first-order chi connectivity index (χ1) is 7.72. The van der Waals surface area contributed by atoms with Crippen LogP contribution in [0.25, 0.3) is 11.3 Å².